The van der Waals surface area contributed by atoms with Crippen LogP contribution >= 0.6 is 0 Å². The molecule has 12 heavy (non-hydrogen) atoms. The van der Waals surface area contributed by atoms with E-state index in [0.29, 0.717) is 11.8 Å². The Balaban J connectivity index is 4.80. The molecule has 0 aliphatic heterocycles. The molecule has 2 heteroatoms. The van der Waals surface area contributed by atoms with Crippen LogP contribution in [0.5, 0.6) is 0 Å². The first-order valence-electron chi connectivity index (χ1n) is 4.42. The zero-order valence-corrected chi connectivity index (χ0v) is 8.76. The number of nitrogens with two attached hydrogens (primary N) is 1. The van der Waals surface area contributed by atoms with Gasteiger partial charge in [-0.3, -0.25) is 4.99 Å². The molecule has 70 valence electrons. The summed E-state index contributed by atoms with van der Waals surface area (Å²) >= 11 is 0. The van der Waals surface area contributed by atoms with Crippen molar-refractivity contribution in [3.8, 4) is 0 Å². The maximum Gasteiger partial charge on any atom is 0.0277 e. The van der Waals surface area contributed by atoms with Crippen molar-refractivity contribution in [3.05, 3.63) is 11.3 Å². The quantitative estimate of drug-likeness (QED) is 0.645. The zero-order valence-electron chi connectivity index (χ0n) is 8.76. The van der Waals surface area contributed by atoms with Crippen LogP contribution in [0.4, 0.5) is 0 Å². The third-order valence-electron chi connectivity index (χ3n) is 1.85. The van der Waals surface area contributed by atoms with E-state index in [1.54, 1.807) is 7.05 Å². The fourth-order valence-corrected chi connectivity index (χ4v) is 1.03. The minimum absolute atomic E-state index is 0.403. The largest absolute Gasteiger partial charge is 0.402 e. The second-order valence-corrected chi connectivity index (χ2v) is 3.61. The fourth-order valence-electron chi connectivity index (χ4n) is 1.03. The molecule has 2 N–H and O–H groups in total. The van der Waals surface area contributed by atoms with Crippen molar-refractivity contribution in [2.45, 2.75) is 27.7 Å². The molecular formula is C10H20N2. The molecule has 2 nitrogen and oxygen atoms in total. The molecule has 0 atom stereocenters. The van der Waals surface area contributed by atoms with Gasteiger partial charge in [0.15, 0.2) is 0 Å². The highest BCUT2D eigenvalue weighted by atomic mass is 14.7. The van der Waals surface area contributed by atoms with E-state index in [9.17, 15) is 0 Å². The van der Waals surface area contributed by atoms with E-state index in [4.69, 9.17) is 5.73 Å². The normalized spacial score (nSPS) is 14.6. The highest BCUT2D eigenvalue weighted by Crippen LogP contribution is 2.15. The molecule has 0 fully saturated rings. The monoisotopic (exact) mass is 168 g/mol. The van der Waals surface area contributed by atoms with E-state index in [-0.39, 0.29) is 0 Å². The van der Waals surface area contributed by atoms with Crippen molar-refractivity contribution in [1.82, 2.24) is 0 Å². The molecule has 0 aromatic heterocycles. The molecule has 0 rings (SSSR count). The Labute approximate surface area is 75.6 Å². The number of nitrogens with zero attached hydrogens (tertiary/aromatic N) is 1. The standard InChI is InChI=1S/C10H20N2/c1-7(2)9(6-12-5)10(11)8(3)4/h6-8H,11H2,1-5H3/b10-9+,12-6?. The van der Waals surface area contributed by atoms with Gasteiger partial charge in [-0.25, -0.2) is 0 Å². The van der Waals surface area contributed by atoms with Crippen LogP contribution in [0.25, 0.3) is 0 Å². The van der Waals surface area contributed by atoms with Gasteiger partial charge in [0.2, 0.25) is 0 Å². The first-order valence-corrected chi connectivity index (χ1v) is 4.42. The maximum atomic E-state index is 5.94. The first kappa shape index (κ1) is 11.2. The molecule has 0 aliphatic carbocycles. The summed E-state index contributed by atoms with van der Waals surface area (Å²) in [5, 5.41) is 0. The molecule has 0 radical (unpaired) electrons. The summed E-state index contributed by atoms with van der Waals surface area (Å²) in [5.41, 5.74) is 8.05. The second kappa shape index (κ2) is 4.96. The Morgan fingerprint density at radius 3 is 1.92 bits per heavy atom. The van der Waals surface area contributed by atoms with Gasteiger partial charge < -0.3 is 5.73 Å². The van der Waals surface area contributed by atoms with Crippen molar-refractivity contribution in [2.24, 2.45) is 22.6 Å². The fraction of sp³-hybridized carbons (Fsp3) is 0.700. The molecule has 0 spiro atoms. The van der Waals surface area contributed by atoms with Gasteiger partial charge in [-0.1, -0.05) is 27.7 Å². The van der Waals surface area contributed by atoms with Crippen LogP contribution < -0.4 is 5.73 Å². The van der Waals surface area contributed by atoms with Crippen molar-refractivity contribution in [3.63, 3.8) is 0 Å². The average Bonchev–Trinajstić information content (AvgIpc) is 1.98. The third-order valence-corrected chi connectivity index (χ3v) is 1.85. The van der Waals surface area contributed by atoms with Crippen LogP contribution in [-0.4, -0.2) is 13.3 Å². The van der Waals surface area contributed by atoms with Crippen LogP contribution in [0.1, 0.15) is 27.7 Å². The Kier molecular flexibility index (Phi) is 4.64. The van der Waals surface area contributed by atoms with Gasteiger partial charge in [0.05, 0.1) is 0 Å². The zero-order chi connectivity index (χ0) is 9.72. The van der Waals surface area contributed by atoms with Crippen LogP contribution in [0.15, 0.2) is 16.3 Å². The third kappa shape index (κ3) is 3.07. The lowest BCUT2D eigenvalue weighted by Crippen LogP contribution is -2.13. The van der Waals surface area contributed by atoms with Crippen LogP contribution in [0, 0.1) is 11.8 Å². The maximum absolute atomic E-state index is 5.94. The summed E-state index contributed by atoms with van der Waals surface area (Å²) in [4.78, 5) is 4.00. The molecule has 0 saturated carbocycles. The van der Waals surface area contributed by atoms with Crippen molar-refractivity contribution in [2.75, 3.05) is 7.05 Å². The molecule has 0 unspecified atom stereocenters. The van der Waals surface area contributed by atoms with Crippen LogP contribution in [-0.2, 0) is 0 Å². The van der Waals surface area contributed by atoms with Gasteiger partial charge in [-0.15, -0.1) is 0 Å². The molecule has 0 bridgehead atoms. The predicted octanol–water partition coefficient (Wildman–Crippen LogP) is 2.21. The van der Waals surface area contributed by atoms with E-state index in [1.807, 2.05) is 6.21 Å². The topological polar surface area (TPSA) is 38.4 Å². The summed E-state index contributed by atoms with van der Waals surface area (Å²) in [6.45, 7) is 8.46. The lowest BCUT2D eigenvalue weighted by molar-refractivity contribution is 0.706. The van der Waals surface area contributed by atoms with Gasteiger partial charge in [-0.2, -0.15) is 0 Å². The van der Waals surface area contributed by atoms with E-state index in [2.05, 4.69) is 32.7 Å². The van der Waals surface area contributed by atoms with E-state index in [0.717, 1.165) is 11.3 Å². The minimum atomic E-state index is 0.403. The predicted molar refractivity (Wildman–Crippen MR) is 55.3 cm³/mol. The summed E-state index contributed by atoms with van der Waals surface area (Å²) in [5.74, 6) is 0.858. The molecule has 0 aliphatic rings. The molecule has 0 aromatic rings. The molecule has 0 aromatic carbocycles. The van der Waals surface area contributed by atoms with Gasteiger partial charge in [0.1, 0.15) is 0 Å². The molecular weight excluding hydrogens is 148 g/mol. The number of allylic oxidation sites excluding steroid dienone is 2. The van der Waals surface area contributed by atoms with E-state index < -0.39 is 0 Å². The highest BCUT2D eigenvalue weighted by Gasteiger charge is 2.08. The number of rotatable bonds is 3. The van der Waals surface area contributed by atoms with Crippen molar-refractivity contribution < 1.29 is 0 Å². The Hall–Kier alpha value is -0.790. The lowest BCUT2D eigenvalue weighted by atomic mass is 9.97. The smallest absolute Gasteiger partial charge is 0.0277 e. The van der Waals surface area contributed by atoms with E-state index in [1.165, 1.54) is 0 Å². The highest BCUT2D eigenvalue weighted by molar-refractivity contribution is 5.80. The van der Waals surface area contributed by atoms with Crippen LogP contribution in [0.3, 0.4) is 0 Å². The molecule has 0 heterocycles. The van der Waals surface area contributed by atoms with Crippen molar-refractivity contribution in [1.29, 1.82) is 0 Å². The Bertz CT molecular complexity index is 188. The summed E-state index contributed by atoms with van der Waals surface area (Å²) in [6.07, 6.45) is 1.86. The number of hydrogen-bond donors (Lipinski definition) is 1. The minimum Gasteiger partial charge on any atom is -0.402 e. The van der Waals surface area contributed by atoms with Gasteiger partial charge in [0, 0.05) is 19.0 Å². The summed E-state index contributed by atoms with van der Waals surface area (Å²) in [7, 11) is 1.77. The lowest BCUT2D eigenvalue weighted by Gasteiger charge is -2.13. The van der Waals surface area contributed by atoms with Gasteiger partial charge in [-0.05, 0) is 17.4 Å². The Morgan fingerprint density at radius 1 is 1.17 bits per heavy atom. The van der Waals surface area contributed by atoms with Gasteiger partial charge in [0.25, 0.3) is 0 Å². The van der Waals surface area contributed by atoms with E-state index >= 15 is 0 Å². The number of hydrogen-bond acceptors (Lipinski definition) is 2. The SMILES string of the molecule is CN=C/C(=C(\N)C(C)C)C(C)C. The van der Waals surface area contributed by atoms with Gasteiger partial charge >= 0.3 is 0 Å². The summed E-state index contributed by atoms with van der Waals surface area (Å²) in [6, 6.07) is 0. The second-order valence-electron chi connectivity index (χ2n) is 3.61. The molecule has 0 saturated heterocycles. The van der Waals surface area contributed by atoms with Crippen LogP contribution in [0.2, 0.25) is 0 Å². The first-order chi connectivity index (χ1) is 5.50. The number of aliphatic imine (C=N–C) groups is 1. The average molecular weight is 168 g/mol. The van der Waals surface area contributed by atoms with Crippen molar-refractivity contribution >= 4 is 6.21 Å². The Morgan fingerprint density at radius 2 is 1.67 bits per heavy atom. The summed E-state index contributed by atoms with van der Waals surface area (Å²) < 4.78 is 0. The molecule has 0 amide bonds.